The van der Waals surface area contributed by atoms with E-state index in [0.717, 1.165) is 12.3 Å². The van der Waals surface area contributed by atoms with Gasteiger partial charge in [0.2, 0.25) is 15.9 Å². The summed E-state index contributed by atoms with van der Waals surface area (Å²) < 4.78 is 49.1. The SMILES string of the molecule is CC(C)[C@H](NS(=O)(=O)c1cc(S(C)(=O)=O)sc1Cl)C(N)=O. The van der Waals surface area contributed by atoms with Crippen LogP contribution in [0.1, 0.15) is 13.8 Å². The van der Waals surface area contributed by atoms with Crippen LogP contribution in [0.5, 0.6) is 0 Å². The Morgan fingerprint density at radius 2 is 1.86 bits per heavy atom. The first kappa shape index (κ1) is 18.4. The molecule has 0 bridgehead atoms. The third kappa shape index (κ3) is 4.39. The van der Waals surface area contributed by atoms with Crippen molar-refractivity contribution < 1.29 is 21.6 Å². The van der Waals surface area contributed by atoms with Gasteiger partial charge in [-0.25, -0.2) is 16.8 Å². The van der Waals surface area contributed by atoms with Crippen LogP contribution in [0.3, 0.4) is 0 Å². The molecule has 1 heterocycles. The maximum Gasteiger partial charge on any atom is 0.243 e. The fraction of sp³-hybridized carbons (Fsp3) is 0.500. The second-order valence-electron chi connectivity index (χ2n) is 4.72. The zero-order valence-electron chi connectivity index (χ0n) is 11.5. The second-order valence-corrected chi connectivity index (χ2v) is 10.3. The molecule has 7 nitrogen and oxygen atoms in total. The molecular formula is C10H15ClN2O5S3. The van der Waals surface area contributed by atoms with Crippen molar-refractivity contribution in [3.8, 4) is 0 Å². The second kappa shape index (κ2) is 6.21. The Labute approximate surface area is 132 Å². The fourth-order valence-corrected chi connectivity index (χ4v) is 5.83. The number of primary amides is 1. The highest BCUT2D eigenvalue weighted by atomic mass is 35.5. The summed E-state index contributed by atoms with van der Waals surface area (Å²) in [6.07, 6.45) is 0.944. The number of hydrogen-bond donors (Lipinski definition) is 2. The van der Waals surface area contributed by atoms with E-state index in [1.807, 2.05) is 0 Å². The van der Waals surface area contributed by atoms with E-state index in [1.165, 1.54) is 0 Å². The van der Waals surface area contributed by atoms with E-state index < -0.39 is 31.8 Å². The molecule has 0 aromatic carbocycles. The number of hydrogen-bond acceptors (Lipinski definition) is 6. The van der Waals surface area contributed by atoms with Crippen molar-refractivity contribution in [2.45, 2.75) is 29.0 Å². The lowest BCUT2D eigenvalue weighted by Crippen LogP contribution is -2.47. The van der Waals surface area contributed by atoms with Gasteiger partial charge in [0.05, 0.1) is 0 Å². The highest BCUT2D eigenvalue weighted by molar-refractivity contribution is 7.93. The van der Waals surface area contributed by atoms with Gasteiger partial charge in [-0.15, -0.1) is 11.3 Å². The van der Waals surface area contributed by atoms with Crippen LogP contribution in [0.4, 0.5) is 0 Å². The highest BCUT2D eigenvalue weighted by Gasteiger charge is 2.30. The molecule has 3 N–H and O–H groups in total. The Balaban J connectivity index is 3.26. The maximum absolute atomic E-state index is 12.2. The van der Waals surface area contributed by atoms with Gasteiger partial charge >= 0.3 is 0 Å². The third-order valence-electron chi connectivity index (χ3n) is 2.54. The minimum absolute atomic E-state index is 0.173. The Morgan fingerprint density at radius 1 is 1.33 bits per heavy atom. The quantitative estimate of drug-likeness (QED) is 0.754. The molecule has 0 aliphatic rings. The van der Waals surface area contributed by atoms with Crippen molar-refractivity contribution in [1.29, 1.82) is 0 Å². The molecule has 1 rings (SSSR count). The van der Waals surface area contributed by atoms with E-state index in [9.17, 15) is 21.6 Å². The number of carbonyl (C=O) groups excluding carboxylic acids is 1. The van der Waals surface area contributed by atoms with E-state index >= 15 is 0 Å². The van der Waals surface area contributed by atoms with Crippen LogP contribution in [-0.2, 0) is 24.7 Å². The van der Waals surface area contributed by atoms with Gasteiger partial charge in [-0.1, -0.05) is 25.4 Å². The number of sulfonamides is 1. The number of carbonyl (C=O) groups is 1. The molecule has 0 fully saturated rings. The smallest absolute Gasteiger partial charge is 0.243 e. The predicted octanol–water partition coefficient (Wildman–Crippen LogP) is 0.593. The zero-order chi connectivity index (χ0) is 16.6. The van der Waals surface area contributed by atoms with Gasteiger partial charge in [-0.2, -0.15) is 4.72 Å². The number of thiophene rings is 1. The summed E-state index contributed by atoms with van der Waals surface area (Å²) >= 11 is 6.43. The predicted molar refractivity (Wildman–Crippen MR) is 80.6 cm³/mol. The van der Waals surface area contributed by atoms with Crippen LogP contribution in [-0.4, -0.2) is 35.0 Å². The van der Waals surface area contributed by atoms with Crippen LogP contribution in [0.2, 0.25) is 4.34 Å². The molecule has 1 atom stereocenters. The van der Waals surface area contributed by atoms with Crippen LogP contribution in [0.15, 0.2) is 15.2 Å². The van der Waals surface area contributed by atoms with Gasteiger partial charge in [0.1, 0.15) is 19.5 Å². The minimum atomic E-state index is -4.16. The number of nitrogens with two attached hydrogens (primary N) is 1. The first-order valence-corrected chi connectivity index (χ1v) is 10.2. The number of amides is 1. The van der Waals surface area contributed by atoms with Gasteiger partial charge in [0.25, 0.3) is 0 Å². The molecule has 0 spiro atoms. The lowest BCUT2D eigenvalue weighted by molar-refractivity contribution is -0.120. The summed E-state index contributed by atoms with van der Waals surface area (Å²) in [5.41, 5.74) is 5.14. The lowest BCUT2D eigenvalue weighted by Gasteiger charge is -2.18. The van der Waals surface area contributed by atoms with Crippen LogP contribution in [0.25, 0.3) is 0 Å². The van der Waals surface area contributed by atoms with Crippen molar-refractivity contribution in [2.75, 3.05) is 6.26 Å². The fourth-order valence-electron chi connectivity index (χ4n) is 1.45. The lowest BCUT2D eigenvalue weighted by atomic mass is 10.1. The molecule has 0 unspecified atom stereocenters. The standard InChI is InChI=1S/C10H15ClN2O5S3/c1-5(2)8(10(12)14)13-21(17,18)6-4-7(19-9(6)11)20(3,15)16/h4-5,8,13H,1-3H3,(H2,12,14)/t8-/m0/s1. The minimum Gasteiger partial charge on any atom is -0.368 e. The van der Waals surface area contributed by atoms with Crippen molar-refractivity contribution in [3.63, 3.8) is 0 Å². The Morgan fingerprint density at radius 3 is 2.19 bits per heavy atom. The van der Waals surface area contributed by atoms with E-state index in [1.54, 1.807) is 13.8 Å². The first-order chi connectivity index (χ1) is 9.36. The third-order valence-corrected chi connectivity index (χ3v) is 7.41. The van der Waals surface area contributed by atoms with E-state index in [-0.39, 0.29) is 19.4 Å². The van der Waals surface area contributed by atoms with Gasteiger partial charge in [-0.3, -0.25) is 4.79 Å². The molecule has 1 aromatic heterocycles. The summed E-state index contributed by atoms with van der Waals surface area (Å²) in [5, 5.41) is 0. The summed E-state index contributed by atoms with van der Waals surface area (Å²) in [6, 6.07) is -0.157. The summed E-state index contributed by atoms with van der Waals surface area (Å²) in [6.45, 7) is 3.24. The van der Waals surface area contributed by atoms with Crippen LogP contribution >= 0.6 is 22.9 Å². The zero-order valence-corrected chi connectivity index (χ0v) is 14.7. The molecule has 0 saturated heterocycles. The number of nitrogens with one attached hydrogen (secondary N) is 1. The van der Waals surface area contributed by atoms with Crippen molar-refractivity contribution in [1.82, 2.24) is 4.72 Å². The van der Waals surface area contributed by atoms with Gasteiger partial charge in [0, 0.05) is 6.26 Å². The van der Waals surface area contributed by atoms with E-state index in [0.29, 0.717) is 11.3 Å². The molecule has 0 radical (unpaired) electrons. The average Bonchev–Trinajstić information content (AvgIpc) is 2.68. The van der Waals surface area contributed by atoms with Gasteiger partial charge in [-0.05, 0) is 12.0 Å². The Kier molecular flexibility index (Phi) is 5.43. The topological polar surface area (TPSA) is 123 Å². The van der Waals surface area contributed by atoms with E-state index in [4.69, 9.17) is 17.3 Å². The molecule has 11 heteroatoms. The van der Waals surface area contributed by atoms with E-state index in [2.05, 4.69) is 4.72 Å². The average molecular weight is 375 g/mol. The van der Waals surface area contributed by atoms with Crippen LogP contribution in [0, 0.1) is 5.92 Å². The first-order valence-electron chi connectivity index (χ1n) is 5.67. The Hall–Kier alpha value is -0.680. The highest BCUT2D eigenvalue weighted by Crippen LogP contribution is 2.34. The molecular weight excluding hydrogens is 360 g/mol. The summed E-state index contributed by atoms with van der Waals surface area (Å²) in [4.78, 5) is 10.9. The molecule has 0 aliphatic carbocycles. The number of rotatable bonds is 6. The largest absolute Gasteiger partial charge is 0.368 e. The van der Waals surface area contributed by atoms with Gasteiger partial charge in [0.15, 0.2) is 9.84 Å². The van der Waals surface area contributed by atoms with Crippen molar-refractivity contribution >= 4 is 48.7 Å². The molecule has 0 aliphatic heterocycles. The summed E-state index contributed by atoms with van der Waals surface area (Å²) in [5.74, 6) is -1.20. The Bertz CT molecular complexity index is 752. The summed E-state index contributed by atoms with van der Waals surface area (Å²) in [7, 11) is -7.73. The van der Waals surface area contributed by atoms with Crippen LogP contribution < -0.4 is 10.5 Å². The van der Waals surface area contributed by atoms with Crippen molar-refractivity contribution in [3.05, 3.63) is 10.4 Å². The molecule has 21 heavy (non-hydrogen) atoms. The molecule has 1 aromatic rings. The number of halogens is 1. The molecule has 1 amide bonds. The maximum atomic E-state index is 12.2. The number of sulfone groups is 1. The molecule has 120 valence electrons. The van der Waals surface area contributed by atoms with Crippen molar-refractivity contribution in [2.24, 2.45) is 11.7 Å². The van der Waals surface area contributed by atoms with Gasteiger partial charge < -0.3 is 5.73 Å². The normalized spacial score (nSPS) is 14.3. The molecule has 0 saturated carbocycles. The monoisotopic (exact) mass is 374 g/mol.